The fourth-order valence-electron chi connectivity index (χ4n) is 8.00. The lowest BCUT2D eigenvalue weighted by atomic mass is 9.92. The van der Waals surface area contributed by atoms with Crippen molar-refractivity contribution in [2.45, 2.75) is 57.0 Å². The van der Waals surface area contributed by atoms with Crippen LogP contribution in [0.4, 0.5) is 10.5 Å². The second kappa shape index (κ2) is 13.8. The number of anilines is 1. The molecule has 46 heavy (non-hydrogen) atoms. The van der Waals surface area contributed by atoms with Crippen LogP contribution in [0.25, 0.3) is 10.9 Å². The van der Waals surface area contributed by atoms with Gasteiger partial charge in [0.1, 0.15) is 0 Å². The Hall–Kier alpha value is -3.89. The second-order valence-electron chi connectivity index (χ2n) is 13.5. The lowest BCUT2D eigenvalue weighted by Crippen LogP contribution is -2.55. The van der Waals surface area contributed by atoms with Crippen LogP contribution in [0.1, 0.15) is 43.2 Å². The largest absolute Gasteiger partial charge is 0.361 e. The highest BCUT2D eigenvalue weighted by atomic mass is 16.2. The lowest BCUT2D eigenvalue weighted by Gasteiger charge is -2.42. The number of benzene rings is 2. The third-order valence-electron chi connectivity index (χ3n) is 10.7. The van der Waals surface area contributed by atoms with Gasteiger partial charge in [0.2, 0.25) is 11.8 Å². The van der Waals surface area contributed by atoms with Crippen molar-refractivity contribution < 1.29 is 14.4 Å². The summed E-state index contributed by atoms with van der Waals surface area (Å²) in [4.78, 5) is 52.7. The summed E-state index contributed by atoms with van der Waals surface area (Å²) in [5.41, 5.74) is 4.20. The quantitative estimate of drug-likeness (QED) is 0.372. The Kier molecular flexibility index (Phi) is 9.26. The van der Waals surface area contributed by atoms with Gasteiger partial charge in [0.05, 0.1) is 5.92 Å². The lowest BCUT2D eigenvalue weighted by molar-refractivity contribution is -0.143. The third kappa shape index (κ3) is 6.78. The van der Waals surface area contributed by atoms with Crippen LogP contribution < -0.4 is 10.6 Å². The Bertz CT molecular complexity index is 1530. The first-order chi connectivity index (χ1) is 22.5. The maximum Gasteiger partial charge on any atom is 0.322 e. The molecule has 3 saturated heterocycles. The van der Waals surface area contributed by atoms with Gasteiger partial charge in [-0.3, -0.25) is 14.5 Å². The Morgan fingerprint density at radius 2 is 1.61 bits per heavy atom. The van der Waals surface area contributed by atoms with Gasteiger partial charge in [0.25, 0.3) is 0 Å². The van der Waals surface area contributed by atoms with E-state index in [4.69, 9.17) is 0 Å². The zero-order valence-electron chi connectivity index (χ0n) is 26.8. The van der Waals surface area contributed by atoms with E-state index in [9.17, 15) is 14.4 Å². The normalized spacial score (nSPS) is 21.1. The Morgan fingerprint density at radius 1 is 0.826 bits per heavy atom. The van der Waals surface area contributed by atoms with E-state index in [-0.39, 0.29) is 30.3 Å². The van der Waals surface area contributed by atoms with E-state index in [1.807, 2.05) is 45.2 Å². The number of hydrogen-bond donors (Lipinski definition) is 3. The fraction of sp³-hybridized carbons (Fsp3) is 0.528. The summed E-state index contributed by atoms with van der Waals surface area (Å²) in [6.07, 6.45) is 7.33. The van der Waals surface area contributed by atoms with Crippen molar-refractivity contribution in [2.75, 3.05) is 64.2 Å². The molecule has 1 unspecified atom stereocenters. The Morgan fingerprint density at radius 3 is 2.41 bits per heavy atom. The molecule has 0 aliphatic carbocycles. The summed E-state index contributed by atoms with van der Waals surface area (Å²) in [7, 11) is 0. The molecule has 0 spiro atoms. The average molecular weight is 626 g/mol. The van der Waals surface area contributed by atoms with Gasteiger partial charge in [-0.2, -0.15) is 0 Å². The van der Waals surface area contributed by atoms with Crippen LogP contribution in [0.15, 0.2) is 54.7 Å². The third-order valence-corrected chi connectivity index (χ3v) is 10.7. The van der Waals surface area contributed by atoms with E-state index in [1.54, 1.807) is 0 Å². The number of urea groups is 1. The van der Waals surface area contributed by atoms with Crippen molar-refractivity contribution in [1.29, 1.82) is 0 Å². The van der Waals surface area contributed by atoms with Crippen molar-refractivity contribution in [3.05, 3.63) is 65.9 Å². The standard InChI is InChI=1S/C36H47N7O3/c44-34(41-16-11-31(12-17-41)43-18-10-27-3-1-2-4-33(27)39-36(43)46)25-29(24-26-5-6-32-28(23-26)7-15-38-32)35(45)42-21-19-40(20-22-42)30-8-13-37-14-9-30/h1-7,15,23,29-31,37-38H,8-14,16-22,24-25H2,(H,39,46). The maximum atomic E-state index is 14.1. The number of aromatic amines is 1. The molecule has 4 aliphatic rings. The molecule has 0 bridgehead atoms. The number of rotatable bonds is 7. The summed E-state index contributed by atoms with van der Waals surface area (Å²) in [6, 6.07) is 17.0. The van der Waals surface area contributed by atoms with Crippen LogP contribution in [-0.2, 0) is 22.4 Å². The van der Waals surface area contributed by atoms with Gasteiger partial charge in [0.15, 0.2) is 0 Å². The number of aromatic nitrogens is 1. The second-order valence-corrected chi connectivity index (χ2v) is 13.5. The van der Waals surface area contributed by atoms with Gasteiger partial charge in [-0.25, -0.2) is 4.79 Å². The van der Waals surface area contributed by atoms with E-state index < -0.39 is 5.92 Å². The van der Waals surface area contributed by atoms with Crippen LogP contribution in [-0.4, -0.2) is 113 Å². The van der Waals surface area contributed by atoms with Crippen LogP contribution >= 0.6 is 0 Å². The van der Waals surface area contributed by atoms with Crippen molar-refractivity contribution in [3.63, 3.8) is 0 Å². The van der Waals surface area contributed by atoms with E-state index in [2.05, 4.69) is 44.8 Å². The number of nitrogens with one attached hydrogen (secondary N) is 3. The van der Waals surface area contributed by atoms with Crippen LogP contribution in [0.2, 0.25) is 0 Å². The molecule has 3 aromatic rings. The monoisotopic (exact) mass is 625 g/mol. The summed E-state index contributed by atoms with van der Waals surface area (Å²) >= 11 is 0. The molecule has 3 N–H and O–H groups in total. The Balaban J connectivity index is 0.986. The molecule has 10 nitrogen and oxygen atoms in total. The summed E-state index contributed by atoms with van der Waals surface area (Å²) in [5.74, 6) is -0.259. The number of piperazine rings is 1. The highest BCUT2D eigenvalue weighted by molar-refractivity contribution is 5.91. The molecule has 7 rings (SSSR count). The van der Waals surface area contributed by atoms with Crippen molar-refractivity contribution in [2.24, 2.45) is 5.92 Å². The van der Waals surface area contributed by atoms with Gasteiger partial charge in [-0.05, 0) is 92.4 Å². The number of carbonyl (C=O) groups excluding carboxylic acids is 3. The highest BCUT2D eigenvalue weighted by Crippen LogP contribution is 2.27. The number of nitrogens with zero attached hydrogens (tertiary/aromatic N) is 4. The number of H-pyrrole nitrogens is 1. The molecular weight excluding hydrogens is 578 g/mol. The van der Waals surface area contributed by atoms with Gasteiger partial charge in [-0.1, -0.05) is 24.3 Å². The molecule has 0 saturated carbocycles. The van der Waals surface area contributed by atoms with Gasteiger partial charge >= 0.3 is 6.03 Å². The molecule has 5 heterocycles. The van der Waals surface area contributed by atoms with E-state index in [0.717, 1.165) is 86.2 Å². The van der Waals surface area contributed by atoms with Gasteiger partial charge in [0, 0.05) is 81.7 Å². The number of para-hydroxylation sites is 1. The SMILES string of the molecule is O=C(CC(Cc1ccc2[nH]ccc2c1)C(=O)N1CCN(C2CCNCC2)CC1)N1CCC(N2CCc3ccccc3NC2=O)CC1. The fourth-order valence-corrected chi connectivity index (χ4v) is 8.00. The minimum Gasteiger partial charge on any atom is -0.361 e. The first kappa shape index (κ1) is 30.7. The van der Waals surface area contributed by atoms with Crippen molar-refractivity contribution >= 4 is 34.4 Å². The van der Waals surface area contributed by atoms with Gasteiger partial charge in [-0.15, -0.1) is 0 Å². The first-order valence-electron chi connectivity index (χ1n) is 17.2. The van der Waals surface area contributed by atoms with Crippen LogP contribution in [0.3, 0.4) is 0 Å². The molecule has 1 aromatic heterocycles. The summed E-state index contributed by atoms with van der Waals surface area (Å²) < 4.78 is 0. The maximum absolute atomic E-state index is 14.1. The number of hydrogen-bond acceptors (Lipinski definition) is 5. The average Bonchev–Trinajstić information content (AvgIpc) is 3.50. The van der Waals surface area contributed by atoms with E-state index in [1.165, 1.54) is 12.8 Å². The van der Waals surface area contributed by atoms with E-state index >= 15 is 0 Å². The minimum atomic E-state index is -0.401. The van der Waals surface area contributed by atoms with Crippen LogP contribution in [0, 0.1) is 5.92 Å². The number of fused-ring (bicyclic) bond motifs is 2. The van der Waals surface area contributed by atoms with Crippen molar-refractivity contribution in [3.8, 4) is 0 Å². The minimum absolute atomic E-state index is 0.0422. The molecule has 1 atom stereocenters. The summed E-state index contributed by atoms with van der Waals surface area (Å²) in [6.45, 7) is 7.25. The Labute approximate surface area is 271 Å². The molecule has 3 fully saturated rings. The molecule has 2 aromatic carbocycles. The molecule has 0 radical (unpaired) electrons. The predicted octanol–water partition coefficient (Wildman–Crippen LogP) is 3.69. The summed E-state index contributed by atoms with van der Waals surface area (Å²) in [5, 5.41) is 7.65. The first-order valence-corrected chi connectivity index (χ1v) is 17.2. The molecule has 4 aliphatic heterocycles. The smallest absolute Gasteiger partial charge is 0.322 e. The van der Waals surface area contributed by atoms with E-state index in [0.29, 0.717) is 32.1 Å². The topological polar surface area (TPSA) is 104 Å². The zero-order chi connectivity index (χ0) is 31.5. The molecule has 10 heteroatoms. The number of likely N-dealkylation sites (tertiary alicyclic amines) is 1. The number of carbonyl (C=O) groups is 3. The van der Waals surface area contributed by atoms with Crippen LogP contribution in [0.5, 0.6) is 0 Å². The molecular formula is C36H47N7O3. The molecule has 4 amide bonds. The molecule has 244 valence electrons. The zero-order valence-corrected chi connectivity index (χ0v) is 26.8. The highest BCUT2D eigenvalue weighted by Gasteiger charge is 2.35. The predicted molar refractivity (Wildman–Crippen MR) is 180 cm³/mol. The number of amides is 4. The number of piperidine rings is 2. The van der Waals surface area contributed by atoms with Gasteiger partial charge < -0.3 is 30.3 Å². The van der Waals surface area contributed by atoms with Crippen molar-refractivity contribution in [1.82, 2.24) is 29.9 Å².